The molecular formula is C17H23IN6O3S2. The maximum atomic E-state index is 12.2. The average molecular weight is 550 g/mol. The largest absolute Gasteiger partial charge is 0.390 e. The summed E-state index contributed by atoms with van der Waals surface area (Å²) in [6.45, 7) is 2.87. The van der Waals surface area contributed by atoms with Crippen molar-refractivity contribution in [2.24, 2.45) is 4.99 Å². The predicted octanol–water partition coefficient (Wildman–Crippen LogP) is 1.30. The summed E-state index contributed by atoms with van der Waals surface area (Å²) in [5.41, 5.74) is 0.736. The molecule has 1 atom stereocenters. The van der Waals surface area contributed by atoms with Gasteiger partial charge in [0, 0.05) is 19.3 Å². The van der Waals surface area contributed by atoms with Crippen molar-refractivity contribution >= 4 is 56.8 Å². The monoisotopic (exact) mass is 550 g/mol. The van der Waals surface area contributed by atoms with Crippen LogP contribution in [0.3, 0.4) is 0 Å². The molecule has 0 bridgehead atoms. The quantitative estimate of drug-likeness (QED) is 0.220. The summed E-state index contributed by atoms with van der Waals surface area (Å²) in [7, 11) is -3.50. The van der Waals surface area contributed by atoms with E-state index in [1.807, 2.05) is 35.7 Å². The summed E-state index contributed by atoms with van der Waals surface area (Å²) < 4.78 is 26.6. The molecule has 0 spiro atoms. The van der Waals surface area contributed by atoms with Gasteiger partial charge in [0.05, 0.1) is 11.9 Å². The highest BCUT2D eigenvalue weighted by Gasteiger charge is 2.20. The number of rotatable bonds is 8. The van der Waals surface area contributed by atoms with Crippen LogP contribution < -0.4 is 10.6 Å². The zero-order valence-electron chi connectivity index (χ0n) is 15.7. The van der Waals surface area contributed by atoms with Crippen molar-refractivity contribution in [1.82, 2.24) is 25.2 Å². The molecule has 29 heavy (non-hydrogen) atoms. The fourth-order valence-electron chi connectivity index (χ4n) is 2.54. The lowest BCUT2D eigenvalue weighted by atomic mass is 10.4. The molecule has 0 radical (unpaired) electrons. The van der Waals surface area contributed by atoms with E-state index in [0.29, 0.717) is 18.3 Å². The fourth-order valence-corrected chi connectivity index (χ4v) is 5.02. The molecule has 3 rings (SSSR count). The minimum absolute atomic E-state index is 0. The number of thiophene rings is 1. The van der Waals surface area contributed by atoms with Gasteiger partial charge >= 0.3 is 0 Å². The van der Waals surface area contributed by atoms with Gasteiger partial charge in [0.15, 0.2) is 27.3 Å². The van der Waals surface area contributed by atoms with E-state index in [1.54, 1.807) is 11.4 Å². The maximum Gasteiger partial charge on any atom is 0.191 e. The van der Waals surface area contributed by atoms with Crippen LogP contribution in [0, 0.1) is 0 Å². The van der Waals surface area contributed by atoms with Crippen LogP contribution in [0.15, 0.2) is 51.1 Å². The van der Waals surface area contributed by atoms with Gasteiger partial charge in [0.2, 0.25) is 0 Å². The van der Waals surface area contributed by atoms with Crippen LogP contribution in [-0.2, 0) is 16.4 Å². The Kier molecular flexibility index (Phi) is 8.79. The smallest absolute Gasteiger partial charge is 0.191 e. The molecule has 0 aliphatic heterocycles. The van der Waals surface area contributed by atoms with E-state index in [4.69, 9.17) is 0 Å². The van der Waals surface area contributed by atoms with Crippen molar-refractivity contribution in [3.05, 3.63) is 47.7 Å². The van der Waals surface area contributed by atoms with E-state index in [0.717, 1.165) is 17.0 Å². The second kappa shape index (κ2) is 10.8. The van der Waals surface area contributed by atoms with Gasteiger partial charge in [0.1, 0.15) is 10.8 Å². The van der Waals surface area contributed by atoms with Gasteiger partial charge in [0.25, 0.3) is 0 Å². The Hall–Kier alpha value is -1.77. The number of aliphatic hydroxyl groups excluding tert-OH is 1. The lowest BCUT2D eigenvalue weighted by Gasteiger charge is -2.15. The Labute approximate surface area is 190 Å². The minimum atomic E-state index is -3.50. The minimum Gasteiger partial charge on any atom is -0.390 e. The number of fused-ring (bicyclic) bond motifs is 1. The molecule has 0 aliphatic rings. The van der Waals surface area contributed by atoms with Crippen molar-refractivity contribution in [2.75, 3.05) is 18.8 Å². The van der Waals surface area contributed by atoms with Crippen LogP contribution in [0.5, 0.6) is 0 Å². The third-order valence-corrected chi connectivity index (χ3v) is 7.11. The molecular weight excluding hydrogens is 527 g/mol. The van der Waals surface area contributed by atoms with Crippen molar-refractivity contribution in [1.29, 1.82) is 0 Å². The Morgan fingerprint density at radius 1 is 1.28 bits per heavy atom. The first kappa shape index (κ1) is 23.5. The van der Waals surface area contributed by atoms with Gasteiger partial charge in [-0.3, -0.25) is 4.40 Å². The third kappa shape index (κ3) is 6.35. The summed E-state index contributed by atoms with van der Waals surface area (Å²) in [5, 5.41) is 26.1. The molecule has 3 N–H and O–H groups in total. The summed E-state index contributed by atoms with van der Waals surface area (Å²) in [6, 6.07) is 8.83. The van der Waals surface area contributed by atoms with Gasteiger partial charge < -0.3 is 15.7 Å². The first-order valence-corrected chi connectivity index (χ1v) is 11.3. The Balaban J connectivity index is 0.00000300. The van der Waals surface area contributed by atoms with Crippen molar-refractivity contribution in [3.63, 3.8) is 0 Å². The number of nitrogens with one attached hydrogen (secondary N) is 2. The van der Waals surface area contributed by atoms with Crippen LogP contribution in [-0.4, -0.2) is 59.0 Å². The van der Waals surface area contributed by atoms with Gasteiger partial charge in [-0.25, -0.2) is 13.4 Å². The summed E-state index contributed by atoms with van der Waals surface area (Å²) in [5.74, 6) is 0.783. The molecule has 0 fully saturated rings. The lowest BCUT2D eigenvalue weighted by molar-refractivity contribution is 0.200. The number of aliphatic imine (C=N–C) groups is 1. The van der Waals surface area contributed by atoms with E-state index in [2.05, 4.69) is 25.8 Å². The molecule has 0 saturated heterocycles. The summed E-state index contributed by atoms with van der Waals surface area (Å²) in [6.07, 6.45) is 0.796. The number of hydrogen-bond donors (Lipinski definition) is 3. The van der Waals surface area contributed by atoms with Gasteiger partial charge in [-0.2, -0.15) is 0 Å². The maximum absolute atomic E-state index is 12.2. The molecule has 0 saturated carbocycles. The molecule has 0 aromatic carbocycles. The van der Waals surface area contributed by atoms with E-state index in [9.17, 15) is 13.5 Å². The van der Waals surface area contributed by atoms with E-state index in [1.165, 1.54) is 6.07 Å². The first-order valence-electron chi connectivity index (χ1n) is 8.74. The Morgan fingerprint density at radius 2 is 2.10 bits per heavy atom. The zero-order chi connectivity index (χ0) is 20.0. The summed E-state index contributed by atoms with van der Waals surface area (Å²) in [4.78, 5) is 4.44. The van der Waals surface area contributed by atoms with Crippen LogP contribution in [0.1, 0.15) is 12.7 Å². The molecule has 12 heteroatoms. The highest BCUT2D eigenvalue weighted by molar-refractivity contribution is 14.0. The highest BCUT2D eigenvalue weighted by Crippen LogP contribution is 2.18. The number of pyridine rings is 1. The average Bonchev–Trinajstić information content (AvgIpc) is 3.34. The van der Waals surface area contributed by atoms with Crippen LogP contribution in [0.4, 0.5) is 0 Å². The molecule has 3 aromatic rings. The fraction of sp³-hybridized carbons (Fsp3) is 0.353. The highest BCUT2D eigenvalue weighted by atomic mass is 127. The SMILES string of the molecule is CCNC(=NCc1nnc2ccccn12)NCC(O)CS(=O)(=O)c1cccs1.I. The van der Waals surface area contributed by atoms with Gasteiger partial charge in [-0.1, -0.05) is 12.1 Å². The molecule has 3 heterocycles. The number of hydrogen-bond acceptors (Lipinski definition) is 7. The number of aliphatic hydroxyl groups is 1. The molecule has 9 nitrogen and oxygen atoms in total. The van der Waals surface area contributed by atoms with Gasteiger partial charge in [-0.15, -0.1) is 45.5 Å². The molecule has 3 aromatic heterocycles. The standard InChI is InChI=1S/C17H22N6O3S2.HI/c1-2-18-17(20-11-15-22-21-14-6-3-4-8-23(14)15)19-10-13(24)12-28(25,26)16-7-5-9-27-16;/h3-9,13,24H,2,10-12H2,1H3,(H2,18,19,20);1H. The van der Waals surface area contributed by atoms with E-state index < -0.39 is 15.9 Å². The number of nitrogens with zero attached hydrogens (tertiary/aromatic N) is 4. The van der Waals surface area contributed by atoms with Crippen molar-refractivity contribution in [3.8, 4) is 0 Å². The van der Waals surface area contributed by atoms with Crippen LogP contribution in [0.2, 0.25) is 0 Å². The topological polar surface area (TPSA) is 121 Å². The summed E-state index contributed by atoms with van der Waals surface area (Å²) >= 11 is 1.14. The van der Waals surface area contributed by atoms with E-state index >= 15 is 0 Å². The van der Waals surface area contributed by atoms with Crippen molar-refractivity contribution < 1.29 is 13.5 Å². The number of halogens is 1. The lowest BCUT2D eigenvalue weighted by Crippen LogP contribution is -2.42. The molecule has 0 amide bonds. The van der Waals surface area contributed by atoms with E-state index in [-0.39, 0.29) is 47.0 Å². The molecule has 0 aliphatic carbocycles. The third-order valence-electron chi connectivity index (χ3n) is 3.83. The van der Waals surface area contributed by atoms with Gasteiger partial charge in [-0.05, 0) is 30.5 Å². The zero-order valence-corrected chi connectivity index (χ0v) is 19.7. The number of guanidine groups is 1. The second-order valence-electron chi connectivity index (χ2n) is 5.99. The Morgan fingerprint density at radius 3 is 2.83 bits per heavy atom. The molecule has 1 unspecified atom stereocenters. The second-order valence-corrected chi connectivity index (χ2v) is 9.20. The molecule has 158 valence electrons. The van der Waals surface area contributed by atoms with Crippen molar-refractivity contribution in [2.45, 2.75) is 23.8 Å². The number of aromatic nitrogens is 3. The van der Waals surface area contributed by atoms with Crippen LogP contribution in [0.25, 0.3) is 5.65 Å². The number of sulfone groups is 1. The van der Waals surface area contributed by atoms with Crippen LogP contribution >= 0.6 is 35.3 Å². The Bertz CT molecular complexity index is 1040. The predicted molar refractivity (Wildman–Crippen MR) is 124 cm³/mol. The first-order chi connectivity index (χ1) is 13.5. The normalized spacial score (nSPS) is 13.1.